The van der Waals surface area contributed by atoms with Crippen molar-refractivity contribution in [2.75, 3.05) is 13.1 Å². The number of aromatic nitrogens is 2. The van der Waals surface area contributed by atoms with Crippen molar-refractivity contribution in [3.8, 4) is 0 Å². The normalized spacial score (nSPS) is 15.6. The molecule has 1 fully saturated rings. The second kappa shape index (κ2) is 8.39. The predicted molar refractivity (Wildman–Crippen MR) is 131 cm³/mol. The summed E-state index contributed by atoms with van der Waals surface area (Å²) in [7, 11) is -3.94. The van der Waals surface area contributed by atoms with Crippen LogP contribution in [0.2, 0.25) is 0 Å². The third-order valence-corrected chi connectivity index (χ3v) is 8.82. The summed E-state index contributed by atoms with van der Waals surface area (Å²) in [6.07, 6.45) is 2.42. The SMILES string of the molecule is Cc1ccc(C(C)(C)C)cc1S(=O)(=O)[N-]c1nc(C[NH+]2CCCC2)nc2sc(C)c(C)c12. The van der Waals surface area contributed by atoms with Gasteiger partial charge >= 0.3 is 0 Å². The molecule has 1 aliphatic rings. The number of sulfonamides is 1. The van der Waals surface area contributed by atoms with Crippen molar-refractivity contribution in [1.82, 2.24) is 9.97 Å². The third-order valence-electron chi connectivity index (χ3n) is 6.31. The quantitative estimate of drug-likeness (QED) is 0.594. The molecule has 0 spiro atoms. The van der Waals surface area contributed by atoms with E-state index < -0.39 is 10.0 Å². The Kier molecular flexibility index (Phi) is 6.07. The van der Waals surface area contributed by atoms with Gasteiger partial charge in [-0.2, -0.15) is 0 Å². The van der Waals surface area contributed by atoms with Crippen LogP contribution in [0.5, 0.6) is 0 Å². The summed E-state index contributed by atoms with van der Waals surface area (Å²) in [5.74, 6) is 0.941. The van der Waals surface area contributed by atoms with Gasteiger partial charge in [0.1, 0.15) is 11.4 Å². The summed E-state index contributed by atoms with van der Waals surface area (Å²) in [6, 6.07) is 5.61. The fourth-order valence-electron chi connectivity index (χ4n) is 4.20. The molecular weight excluding hydrogens is 440 g/mol. The summed E-state index contributed by atoms with van der Waals surface area (Å²) < 4.78 is 31.3. The van der Waals surface area contributed by atoms with E-state index >= 15 is 0 Å². The Hall–Kier alpha value is -2.03. The van der Waals surface area contributed by atoms with Gasteiger partial charge in [0.15, 0.2) is 0 Å². The molecule has 2 aromatic heterocycles. The zero-order chi connectivity index (χ0) is 23.3. The highest BCUT2D eigenvalue weighted by atomic mass is 32.2. The highest BCUT2D eigenvalue weighted by Gasteiger charge is 2.22. The van der Waals surface area contributed by atoms with E-state index in [1.54, 1.807) is 17.4 Å². The predicted octanol–water partition coefficient (Wildman–Crippen LogP) is 4.49. The zero-order valence-electron chi connectivity index (χ0n) is 19.7. The van der Waals surface area contributed by atoms with Gasteiger partial charge in [-0.3, -0.25) is 0 Å². The molecule has 3 aromatic rings. The lowest BCUT2D eigenvalue weighted by atomic mass is 9.87. The molecule has 3 heterocycles. The van der Waals surface area contributed by atoms with Crippen molar-refractivity contribution < 1.29 is 13.3 Å². The van der Waals surface area contributed by atoms with E-state index in [1.807, 2.05) is 32.9 Å². The molecule has 0 saturated carbocycles. The molecule has 1 saturated heterocycles. The maximum atomic E-state index is 13.5. The number of hydrogen-bond donors (Lipinski definition) is 1. The Bertz CT molecular complexity index is 1270. The monoisotopic (exact) mass is 472 g/mol. The Morgan fingerprint density at radius 1 is 1.09 bits per heavy atom. The van der Waals surface area contributed by atoms with Crippen LogP contribution in [0.25, 0.3) is 14.9 Å². The standard InChI is InChI=1S/C24H31N4O2S2/c1-15-9-10-18(24(4,5)6)13-19(15)32(29,30)27-22-21-16(2)17(3)31-23(21)26-20(25-22)14-28-11-7-8-12-28/h9-10,13H,7-8,11-12,14H2,1-6H3/q-1/p+1. The first kappa shape index (κ1) is 23.1. The molecule has 4 rings (SSSR count). The van der Waals surface area contributed by atoms with Gasteiger partial charge in [0.25, 0.3) is 0 Å². The molecule has 1 N–H and O–H groups in total. The van der Waals surface area contributed by atoms with Crippen LogP contribution in [-0.4, -0.2) is 31.5 Å². The second-order valence-corrected chi connectivity index (χ2v) is 12.6. The number of aryl methyl sites for hydroxylation is 3. The van der Waals surface area contributed by atoms with Crippen LogP contribution in [0.3, 0.4) is 0 Å². The maximum absolute atomic E-state index is 13.5. The number of nitrogens with one attached hydrogen (secondary N) is 1. The Balaban J connectivity index is 1.79. The van der Waals surface area contributed by atoms with Gasteiger partial charge in [-0.25, -0.2) is 13.4 Å². The molecule has 1 aromatic carbocycles. The molecule has 0 bridgehead atoms. The first-order valence-electron chi connectivity index (χ1n) is 11.1. The molecule has 6 nitrogen and oxygen atoms in total. The highest BCUT2D eigenvalue weighted by molar-refractivity contribution is 7.94. The van der Waals surface area contributed by atoms with Gasteiger partial charge in [0, 0.05) is 23.1 Å². The van der Waals surface area contributed by atoms with Crippen LogP contribution in [0, 0.1) is 20.8 Å². The number of fused-ring (bicyclic) bond motifs is 1. The van der Waals surface area contributed by atoms with Crippen molar-refractivity contribution in [2.45, 2.75) is 71.2 Å². The van der Waals surface area contributed by atoms with Crippen molar-refractivity contribution in [3.05, 3.63) is 50.3 Å². The Labute approximate surface area is 195 Å². The number of thiophene rings is 1. The number of quaternary nitrogens is 1. The van der Waals surface area contributed by atoms with Crippen molar-refractivity contribution >= 4 is 37.4 Å². The van der Waals surface area contributed by atoms with Crippen LogP contribution in [0.4, 0.5) is 5.82 Å². The van der Waals surface area contributed by atoms with Crippen LogP contribution in [-0.2, 0) is 22.0 Å². The van der Waals surface area contributed by atoms with E-state index in [9.17, 15) is 8.42 Å². The number of likely N-dealkylation sites (tertiary alicyclic amines) is 1. The smallest absolute Gasteiger partial charge is 0.202 e. The number of benzene rings is 1. The van der Waals surface area contributed by atoms with E-state index in [1.165, 1.54) is 17.7 Å². The van der Waals surface area contributed by atoms with E-state index in [2.05, 4.69) is 30.5 Å². The molecule has 1 aliphatic heterocycles. The first-order chi connectivity index (χ1) is 15.0. The van der Waals surface area contributed by atoms with Crippen molar-refractivity contribution in [3.63, 3.8) is 0 Å². The average Bonchev–Trinajstić information content (AvgIpc) is 3.29. The molecule has 0 unspecified atom stereocenters. The molecule has 0 atom stereocenters. The second-order valence-electron chi connectivity index (χ2n) is 9.86. The summed E-state index contributed by atoms with van der Waals surface area (Å²) in [6.45, 7) is 15.0. The molecule has 0 radical (unpaired) electrons. The van der Waals surface area contributed by atoms with Gasteiger partial charge in [0.2, 0.25) is 10.0 Å². The molecule has 0 amide bonds. The van der Waals surface area contributed by atoms with E-state index in [0.29, 0.717) is 17.9 Å². The zero-order valence-corrected chi connectivity index (χ0v) is 21.4. The Morgan fingerprint density at radius 2 is 1.78 bits per heavy atom. The summed E-state index contributed by atoms with van der Waals surface area (Å²) in [5.41, 5.74) is 2.49. The number of hydrogen-bond acceptors (Lipinski definition) is 5. The van der Waals surface area contributed by atoms with E-state index in [4.69, 9.17) is 4.98 Å². The first-order valence-corrected chi connectivity index (χ1v) is 13.4. The van der Waals surface area contributed by atoms with Gasteiger partial charge in [-0.1, -0.05) is 32.9 Å². The van der Waals surface area contributed by atoms with Crippen molar-refractivity contribution in [1.29, 1.82) is 0 Å². The van der Waals surface area contributed by atoms with Crippen molar-refractivity contribution in [2.24, 2.45) is 0 Å². The minimum absolute atomic E-state index is 0.160. The van der Waals surface area contributed by atoms with Crippen LogP contribution in [0.15, 0.2) is 23.1 Å². The van der Waals surface area contributed by atoms with Crippen LogP contribution < -0.4 is 4.90 Å². The Morgan fingerprint density at radius 3 is 2.44 bits per heavy atom. The molecule has 8 heteroatoms. The van der Waals surface area contributed by atoms with E-state index in [0.717, 1.165) is 39.3 Å². The van der Waals surface area contributed by atoms with Crippen LogP contribution in [0.1, 0.15) is 61.0 Å². The van der Waals surface area contributed by atoms with E-state index in [-0.39, 0.29) is 16.1 Å². The summed E-state index contributed by atoms with van der Waals surface area (Å²) in [5, 5.41) is 0.751. The number of nitrogens with zero attached hydrogens (tertiary/aromatic N) is 3. The van der Waals surface area contributed by atoms with Gasteiger partial charge in [-0.05, 0) is 54.8 Å². The topological polar surface area (TPSA) is 78.5 Å². The molecule has 172 valence electrons. The van der Waals surface area contributed by atoms with Crippen LogP contribution >= 0.6 is 11.3 Å². The highest BCUT2D eigenvalue weighted by Crippen LogP contribution is 2.40. The maximum Gasteiger partial charge on any atom is 0.202 e. The number of rotatable bonds is 5. The van der Waals surface area contributed by atoms with Gasteiger partial charge < -0.3 is 14.6 Å². The minimum atomic E-state index is -3.94. The lowest BCUT2D eigenvalue weighted by molar-refractivity contribution is -0.902. The third kappa shape index (κ3) is 4.54. The fourth-order valence-corrected chi connectivity index (χ4v) is 6.45. The summed E-state index contributed by atoms with van der Waals surface area (Å²) in [4.78, 5) is 13.1. The lowest BCUT2D eigenvalue weighted by Gasteiger charge is -2.23. The minimum Gasteiger partial charge on any atom is -0.418 e. The summed E-state index contributed by atoms with van der Waals surface area (Å²) >= 11 is 1.58. The molecule has 32 heavy (non-hydrogen) atoms. The average molecular weight is 473 g/mol. The largest absolute Gasteiger partial charge is 0.418 e. The lowest BCUT2D eigenvalue weighted by Crippen LogP contribution is -3.08. The molecule has 0 aliphatic carbocycles. The fraction of sp³-hybridized carbons (Fsp3) is 0.500. The van der Waals surface area contributed by atoms with Gasteiger partial charge in [0.05, 0.1) is 23.8 Å². The molecular formula is C24H32N4O2S2. The van der Waals surface area contributed by atoms with Gasteiger partial charge in [-0.15, -0.1) is 11.3 Å².